The molecule has 18 heavy (non-hydrogen) atoms. The standard InChI is InChI=1S/C15H16N2O/c1-12-3-2-4-13(9-12)5-6-15(18)17-11-14-7-8-16-10-14/h2-10,16H,11H2,1H3,(H,17,18)/b6-5+. The minimum atomic E-state index is -0.0855. The number of amides is 1. The van der Waals surface area contributed by atoms with Crippen LogP contribution in [0.3, 0.4) is 0 Å². The Morgan fingerprint density at radius 3 is 3.00 bits per heavy atom. The summed E-state index contributed by atoms with van der Waals surface area (Å²) in [7, 11) is 0. The van der Waals surface area contributed by atoms with Crippen LogP contribution in [0.5, 0.6) is 0 Å². The molecule has 2 rings (SSSR count). The van der Waals surface area contributed by atoms with Crippen molar-refractivity contribution in [2.24, 2.45) is 0 Å². The van der Waals surface area contributed by atoms with E-state index in [2.05, 4.69) is 10.3 Å². The molecule has 3 nitrogen and oxygen atoms in total. The molecule has 0 unspecified atom stereocenters. The van der Waals surface area contributed by atoms with Crippen LogP contribution in [-0.2, 0) is 11.3 Å². The van der Waals surface area contributed by atoms with Gasteiger partial charge in [-0.05, 0) is 30.2 Å². The average Bonchev–Trinajstić information content (AvgIpc) is 2.87. The average molecular weight is 240 g/mol. The Labute approximate surface area is 107 Å². The molecule has 2 aromatic rings. The van der Waals surface area contributed by atoms with Gasteiger partial charge in [0, 0.05) is 25.0 Å². The molecule has 1 aromatic heterocycles. The lowest BCUT2D eigenvalue weighted by Crippen LogP contribution is -2.19. The molecule has 0 saturated heterocycles. The van der Waals surface area contributed by atoms with Gasteiger partial charge in [0.25, 0.3) is 0 Å². The van der Waals surface area contributed by atoms with Gasteiger partial charge < -0.3 is 10.3 Å². The van der Waals surface area contributed by atoms with E-state index in [1.54, 1.807) is 6.08 Å². The Bertz CT molecular complexity index is 541. The van der Waals surface area contributed by atoms with E-state index in [1.807, 2.05) is 55.7 Å². The SMILES string of the molecule is Cc1cccc(/C=C/C(=O)NCc2cc[nH]c2)c1. The Kier molecular flexibility index (Phi) is 3.97. The molecule has 3 heteroatoms. The van der Waals surface area contributed by atoms with Crippen LogP contribution < -0.4 is 5.32 Å². The third-order valence-electron chi connectivity index (χ3n) is 2.60. The zero-order valence-electron chi connectivity index (χ0n) is 10.3. The van der Waals surface area contributed by atoms with Gasteiger partial charge in [-0.1, -0.05) is 29.8 Å². The fraction of sp³-hybridized carbons (Fsp3) is 0.133. The van der Waals surface area contributed by atoms with Gasteiger partial charge in [-0.25, -0.2) is 0 Å². The summed E-state index contributed by atoms with van der Waals surface area (Å²) in [4.78, 5) is 14.5. The van der Waals surface area contributed by atoms with E-state index in [1.165, 1.54) is 5.56 Å². The number of H-pyrrole nitrogens is 1. The van der Waals surface area contributed by atoms with Gasteiger partial charge in [0.15, 0.2) is 0 Å². The Morgan fingerprint density at radius 2 is 2.28 bits per heavy atom. The van der Waals surface area contributed by atoms with Crippen LogP contribution in [0.25, 0.3) is 6.08 Å². The number of aromatic nitrogens is 1. The molecule has 92 valence electrons. The van der Waals surface area contributed by atoms with E-state index in [4.69, 9.17) is 0 Å². The van der Waals surface area contributed by atoms with Crippen molar-refractivity contribution < 1.29 is 4.79 Å². The van der Waals surface area contributed by atoms with Crippen LogP contribution in [0, 0.1) is 6.92 Å². The van der Waals surface area contributed by atoms with Crippen molar-refractivity contribution in [3.63, 3.8) is 0 Å². The molecular formula is C15H16N2O. The normalized spacial score (nSPS) is 10.7. The second-order valence-electron chi connectivity index (χ2n) is 4.18. The highest BCUT2D eigenvalue weighted by atomic mass is 16.1. The molecule has 0 bridgehead atoms. The van der Waals surface area contributed by atoms with Crippen molar-refractivity contribution in [1.82, 2.24) is 10.3 Å². The molecule has 1 aromatic carbocycles. The number of nitrogens with one attached hydrogen (secondary N) is 2. The number of rotatable bonds is 4. The number of aromatic amines is 1. The molecule has 0 radical (unpaired) electrons. The van der Waals surface area contributed by atoms with Crippen molar-refractivity contribution >= 4 is 12.0 Å². The lowest BCUT2D eigenvalue weighted by molar-refractivity contribution is -0.116. The Balaban J connectivity index is 1.87. The monoisotopic (exact) mass is 240 g/mol. The molecule has 0 aliphatic carbocycles. The predicted octanol–water partition coefficient (Wildman–Crippen LogP) is 2.65. The maximum Gasteiger partial charge on any atom is 0.244 e. The third kappa shape index (κ3) is 3.63. The van der Waals surface area contributed by atoms with Crippen molar-refractivity contribution in [3.8, 4) is 0 Å². The molecular weight excluding hydrogens is 224 g/mol. The first-order valence-corrected chi connectivity index (χ1v) is 5.88. The molecule has 2 N–H and O–H groups in total. The summed E-state index contributed by atoms with van der Waals surface area (Å²) in [5.74, 6) is -0.0855. The molecule has 0 atom stereocenters. The van der Waals surface area contributed by atoms with Gasteiger partial charge in [-0.2, -0.15) is 0 Å². The summed E-state index contributed by atoms with van der Waals surface area (Å²) in [5, 5.41) is 2.82. The van der Waals surface area contributed by atoms with Gasteiger partial charge in [-0.15, -0.1) is 0 Å². The zero-order chi connectivity index (χ0) is 12.8. The quantitative estimate of drug-likeness (QED) is 0.793. The van der Waals surface area contributed by atoms with Crippen molar-refractivity contribution in [2.45, 2.75) is 13.5 Å². The lowest BCUT2D eigenvalue weighted by Gasteiger charge is -1.99. The van der Waals surface area contributed by atoms with E-state index in [0.717, 1.165) is 11.1 Å². The lowest BCUT2D eigenvalue weighted by atomic mass is 10.1. The fourth-order valence-corrected chi connectivity index (χ4v) is 1.66. The molecule has 0 aliphatic heterocycles. The van der Waals surface area contributed by atoms with Crippen LogP contribution in [0.4, 0.5) is 0 Å². The smallest absolute Gasteiger partial charge is 0.244 e. The summed E-state index contributed by atoms with van der Waals surface area (Å²) in [6.07, 6.45) is 7.08. The molecule has 0 saturated carbocycles. The first-order chi connectivity index (χ1) is 8.74. The number of carbonyl (C=O) groups excluding carboxylic acids is 1. The summed E-state index contributed by atoms with van der Waals surface area (Å²) < 4.78 is 0. The topological polar surface area (TPSA) is 44.9 Å². The maximum atomic E-state index is 11.6. The van der Waals surface area contributed by atoms with E-state index >= 15 is 0 Å². The van der Waals surface area contributed by atoms with Crippen LogP contribution in [-0.4, -0.2) is 10.9 Å². The summed E-state index contributed by atoms with van der Waals surface area (Å²) >= 11 is 0. The van der Waals surface area contributed by atoms with Crippen molar-refractivity contribution in [3.05, 3.63) is 65.5 Å². The number of aryl methyl sites for hydroxylation is 1. The number of hydrogen-bond donors (Lipinski definition) is 2. The number of benzene rings is 1. The summed E-state index contributed by atoms with van der Waals surface area (Å²) in [6.45, 7) is 2.57. The van der Waals surface area contributed by atoms with Crippen LogP contribution >= 0.6 is 0 Å². The Morgan fingerprint density at radius 1 is 1.39 bits per heavy atom. The number of hydrogen-bond acceptors (Lipinski definition) is 1. The van der Waals surface area contributed by atoms with Crippen LogP contribution in [0.2, 0.25) is 0 Å². The second kappa shape index (κ2) is 5.87. The summed E-state index contributed by atoms with van der Waals surface area (Å²) in [5.41, 5.74) is 3.28. The molecule has 1 heterocycles. The third-order valence-corrected chi connectivity index (χ3v) is 2.60. The van der Waals surface area contributed by atoms with Crippen LogP contribution in [0.1, 0.15) is 16.7 Å². The predicted molar refractivity (Wildman–Crippen MR) is 72.9 cm³/mol. The van der Waals surface area contributed by atoms with Crippen molar-refractivity contribution in [1.29, 1.82) is 0 Å². The highest BCUT2D eigenvalue weighted by molar-refractivity contribution is 5.91. The zero-order valence-corrected chi connectivity index (χ0v) is 10.3. The Hall–Kier alpha value is -2.29. The molecule has 0 fully saturated rings. The van der Waals surface area contributed by atoms with E-state index in [0.29, 0.717) is 6.54 Å². The van der Waals surface area contributed by atoms with E-state index < -0.39 is 0 Å². The molecule has 0 aliphatic rings. The first-order valence-electron chi connectivity index (χ1n) is 5.88. The van der Waals surface area contributed by atoms with Gasteiger partial charge in [0.1, 0.15) is 0 Å². The highest BCUT2D eigenvalue weighted by Crippen LogP contribution is 2.05. The molecule has 0 spiro atoms. The fourth-order valence-electron chi connectivity index (χ4n) is 1.66. The summed E-state index contributed by atoms with van der Waals surface area (Å²) in [6, 6.07) is 9.96. The minimum Gasteiger partial charge on any atom is -0.367 e. The largest absolute Gasteiger partial charge is 0.367 e. The molecule has 1 amide bonds. The van der Waals surface area contributed by atoms with Gasteiger partial charge >= 0.3 is 0 Å². The van der Waals surface area contributed by atoms with Crippen molar-refractivity contribution in [2.75, 3.05) is 0 Å². The number of carbonyl (C=O) groups is 1. The van der Waals surface area contributed by atoms with E-state index in [9.17, 15) is 4.79 Å². The maximum absolute atomic E-state index is 11.6. The minimum absolute atomic E-state index is 0.0855. The first kappa shape index (κ1) is 12.2. The van der Waals surface area contributed by atoms with Gasteiger partial charge in [0.2, 0.25) is 5.91 Å². The van der Waals surface area contributed by atoms with Gasteiger partial charge in [-0.3, -0.25) is 4.79 Å². The van der Waals surface area contributed by atoms with Crippen LogP contribution in [0.15, 0.2) is 48.8 Å². The highest BCUT2D eigenvalue weighted by Gasteiger charge is 1.96. The second-order valence-corrected chi connectivity index (χ2v) is 4.18. The van der Waals surface area contributed by atoms with E-state index in [-0.39, 0.29) is 5.91 Å². The van der Waals surface area contributed by atoms with Gasteiger partial charge in [0.05, 0.1) is 0 Å².